The van der Waals surface area contributed by atoms with Crippen molar-refractivity contribution in [2.75, 3.05) is 26.2 Å². The number of benzene rings is 1. The van der Waals surface area contributed by atoms with Crippen LogP contribution in [0.4, 0.5) is 4.79 Å². The van der Waals surface area contributed by atoms with Crippen molar-refractivity contribution in [1.29, 1.82) is 0 Å². The Morgan fingerprint density at radius 3 is 2.37 bits per heavy atom. The van der Waals surface area contributed by atoms with Crippen LogP contribution in [0.3, 0.4) is 0 Å². The summed E-state index contributed by atoms with van der Waals surface area (Å²) in [6.07, 6.45) is 0.0179. The first-order chi connectivity index (χ1) is 14.1. The standard InChI is InChI=1S/C22H34N2O6/c1-6-28-20(26)17(2)24(14-10-13-23-21(27)30-22(3,4)5)15-19(25)29-16-18-11-8-7-9-12-18/h7-9,11-12,17H,6,10,13-16H2,1-5H3,(H,23,27). The van der Waals surface area contributed by atoms with Gasteiger partial charge in [-0.1, -0.05) is 30.3 Å². The third kappa shape index (κ3) is 10.8. The summed E-state index contributed by atoms with van der Waals surface area (Å²) in [6, 6.07) is 8.75. The van der Waals surface area contributed by atoms with Crippen molar-refractivity contribution in [3.8, 4) is 0 Å². The molecule has 0 fully saturated rings. The number of carbonyl (C=O) groups is 3. The van der Waals surface area contributed by atoms with Gasteiger partial charge < -0.3 is 19.5 Å². The Labute approximate surface area is 178 Å². The lowest BCUT2D eigenvalue weighted by molar-refractivity contribution is -0.152. The van der Waals surface area contributed by atoms with Gasteiger partial charge in [-0.15, -0.1) is 0 Å². The van der Waals surface area contributed by atoms with Gasteiger partial charge in [0.15, 0.2) is 0 Å². The second kappa shape index (κ2) is 12.8. The molecule has 1 N–H and O–H groups in total. The summed E-state index contributed by atoms with van der Waals surface area (Å²) in [6.45, 7) is 9.90. The molecule has 0 aliphatic heterocycles. The number of amides is 1. The maximum Gasteiger partial charge on any atom is 0.407 e. The number of alkyl carbamates (subject to hydrolysis) is 1. The number of hydrogen-bond acceptors (Lipinski definition) is 7. The molecule has 8 nitrogen and oxygen atoms in total. The molecule has 0 radical (unpaired) electrons. The highest BCUT2D eigenvalue weighted by Gasteiger charge is 2.25. The largest absolute Gasteiger partial charge is 0.465 e. The summed E-state index contributed by atoms with van der Waals surface area (Å²) in [5, 5.41) is 2.67. The van der Waals surface area contributed by atoms with E-state index in [2.05, 4.69) is 5.32 Å². The zero-order chi connectivity index (χ0) is 22.6. The first kappa shape index (κ1) is 25.4. The monoisotopic (exact) mass is 422 g/mol. The number of carbonyl (C=O) groups excluding carboxylic acids is 3. The van der Waals surface area contributed by atoms with Crippen LogP contribution in [0.25, 0.3) is 0 Å². The minimum absolute atomic E-state index is 0.0563. The van der Waals surface area contributed by atoms with E-state index >= 15 is 0 Å². The molecule has 0 aromatic heterocycles. The number of rotatable bonds is 11. The number of hydrogen-bond donors (Lipinski definition) is 1. The van der Waals surface area contributed by atoms with Crippen LogP contribution in [0.5, 0.6) is 0 Å². The van der Waals surface area contributed by atoms with E-state index in [-0.39, 0.29) is 19.8 Å². The highest BCUT2D eigenvalue weighted by molar-refractivity contribution is 5.77. The average molecular weight is 423 g/mol. The van der Waals surface area contributed by atoms with Gasteiger partial charge in [-0.2, -0.15) is 0 Å². The van der Waals surface area contributed by atoms with Crippen molar-refractivity contribution in [2.24, 2.45) is 0 Å². The maximum absolute atomic E-state index is 12.3. The summed E-state index contributed by atoms with van der Waals surface area (Å²) >= 11 is 0. The third-order valence-electron chi connectivity index (χ3n) is 4.04. The predicted molar refractivity (Wildman–Crippen MR) is 113 cm³/mol. The van der Waals surface area contributed by atoms with E-state index in [0.717, 1.165) is 5.56 Å². The van der Waals surface area contributed by atoms with Gasteiger partial charge >= 0.3 is 18.0 Å². The lowest BCUT2D eigenvalue weighted by atomic mass is 10.2. The fourth-order valence-corrected chi connectivity index (χ4v) is 2.56. The molecule has 0 aliphatic rings. The molecule has 0 saturated carbocycles. The van der Waals surface area contributed by atoms with Crippen molar-refractivity contribution >= 4 is 18.0 Å². The van der Waals surface area contributed by atoms with Crippen LogP contribution in [0, 0.1) is 0 Å². The zero-order valence-electron chi connectivity index (χ0n) is 18.6. The van der Waals surface area contributed by atoms with Crippen LogP contribution < -0.4 is 5.32 Å². The fourth-order valence-electron chi connectivity index (χ4n) is 2.56. The Morgan fingerprint density at radius 2 is 1.77 bits per heavy atom. The minimum Gasteiger partial charge on any atom is -0.465 e. The first-order valence-electron chi connectivity index (χ1n) is 10.2. The van der Waals surface area contributed by atoms with Gasteiger partial charge in [-0.25, -0.2) is 4.79 Å². The lowest BCUT2D eigenvalue weighted by Crippen LogP contribution is -2.44. The van der Waals surface area contributed by atoms with Gasteiger partial charge in [0.25, 0.3) is 0 Å². The normalized spacial score (nSPS) is 12.2. The zero-order valence-corrected chi connectivity index (χ0v) is 18.6. The fraction of sp³-hybridized carbons (Fsp3) is 0.591. The van der Waals surface area contributed by atoms with Crippen LogP contribution in [-0.2, 0) is 30.4 Å². The molecule has 0 aliphatic carbocycles. The molecule has 0 bridgehead atoms. The maximum atomic E-state index is 12.3. The highest BCUT2D eigenvalue weighted by atomic mass is 16.6. The molecule has 8 heteroatoms. The predicted octanol–water partition coefficient (Wildman–Crippen LogP) is 2.90. The van der Waals surface area contributed by atoms with Gasteiger partial charge in [-0.3, -0.25) is 14.5 Å². The molecule has 0 saturated heterocycles. The topological polar surface area (TPSA) is 94.2 Å². The van der Waals surface area contributed by atoms with Crippen molar-refractivity contribution in [2.45, 2.75) is 59.3 Å². The Kier molecular flexibility index (Phi) is 10.9. The summed E-state index contributed by atoms with van der Waals surface area (Å²) in [4.78, 5) is 37.9. The van der Waals surface area contributed by atoms with Gasteiger partial charge in [0.2, 0.25) is 0 Å². The number of nitrogens with one attached hydrogen (secondary N) is 1. The summed E-state index contributed by atoms with van der Waals surface area (Å²) in [5.74, 6) is -0.844. The highest BCUT2D eigenvalue weighted by Crippen LogP contribution is 2.08. The number of ether oxygens (including phenoxy) is 3. The second-order valence-electron chi connectivity index (χ2n) is 7.83. The molecule has 1 rings (SSSR count). The van der Waals surface area contributed by atoms with Crippen LogP contribution in [-0.4, -0.2) is 60.8 Å². The Morgan fingerprint density at radius 1 is 1.10 bits per heavy atom. The van der Waals surface area contributed by atoms with Crippen molar-refractivity contribution in [3.63, 3.8) is 0 Å². The Hall–Kier alpha value is -2.61. The molecule has 1 unspecified atom stereocenters. The molecule has 30 heavy (non-hydrogen) atoms. The molecular weight excluding hydrogens is 388 g/mol. The van der Waals surface area contributed by atoms with Crippen molar-refractivity contribution < 1.29 is 28.6 Å². The Bertz CT molecular complexity index is 672. The van der Waals surface area contributed by atoms with E-state index in [1.54, 1.807) is 39.5 Å². The van der Waals surface area contributed by atoms with E-state index < -0.39 is 29.7 Å². The second-order valence-corrected chi connectivity index (χ2v) is 7.83. The minimum atomic E-state index is -0.615. The van der Waals surface area contributed by atoms with Gasteiger partial charge in [0.05, 0.1) is 13.2 Å². The SMILES string of the molecule is CCOC(=O)C(C)N(CCCNC(=O)OC(C)(C)C)CC(=O)OCc1ccccc1. The van der Waals surface area contributed by atoms with E-state index in [1.807, 2.05) is 30.3 Å². The van der Waals surface area contributed by atoms with Crippen LogP contribution in [0.2, 0.25) is 0 Å². The van der Waals surface area contributed by atoms with Crippen molar-refractivity contribution in [3.05, 3.63) is 35.9 Å². The molecular formula is C22H34N2O6. The smallest absolute Gasteiger partial charge is 0.407 e. The van der Waals surface area contributed by atoms with E-state index in [9.17, 15) is 14.4 Å². The molecule has 0 spiro atoms. The molecule has 1 aromatic carbocycles. The van der Waals surface area contributed by atoms with Gasteiger partial charge in [0.1, 0.15) is 18.2 Å². The summed E-state index contributed by atoms with van der Waals surface area (Å²) < 4.78 is 15.6. The quantitative estimate of drug-likeness (QED) is 0.333. The van der Waals surface area contributed by atoms with Gasteiger partial charge in [0, 0.05) is 13.1 Å². The molecule has 1 amide bonds. The Balaban J connectivity index is 2.56. The summed E-state index contributed by atoms with van der Waals surface area (Å²) in [7, 11) is 0. The van der Waals surface area contributed by atoms with Crippen molar-refractivity contribution in [1.82, 2.24) is 10.2 Å². The first-order valence-corrected chi connectivity index (χ1v) is 10.2. The van der Waals surface area contributed by atoms with E-state index in [4.69, 9.17) is 14.2 Å². The molecule has 1 aromatic rings. The number of nitrogens with zero attached hydrogens (tertiary/aromatic N) is 1. The van der Waals surface area contributed by atoms with E-state index in [1.165, 1.54) is 0 Å². The van der Waals surface area contributed by atoms with Crippen LogP contribution in [0.15, 0.2) is 30.3 Å². The lowest BCUT2D eigenvalue weighted by Gasteiger charge is -2.26. The van der Waals surface area contributed by atoms with E-state index in [0.29, 0.717) is 19.5 Å². The van der Waals surface area contributed by atoms with Crippen LogP contribution in [0.1, 0.15) is 46.6 Å². The van der Waals surface area contributed by atoms with Gasteiger partial charge in [-0.05, 0) is 46.6 Å². The number of esters is 2. The molecule has 1 atom stereocenters. The summed E-state index contributed by atoms with van der Waals surface area (Å²) in [5.41, 5.74) is 0.314. The van der Waals surface area contributed by atoms with Crippen LogP contribution >= 0.6 is 0 Å². The average Bonchev–Trinajstić information content (AvgIpc) is 2.67. The third-order valence-corrected chi connectivity index (χ3v) is 4.04. The molecule has 0 heterocycles. The molecule has 168 valence electrons.